The Morgan fingerprint density at radius 3 is 1.17 bits per heavy atom. The number of fused-ring (bicyclic) bond motifs is 16. The quantitative estimate of drug-likeness (QED) is 0.0938. The highest BCUT2D eigenvalue weighted by Crippen LogP contribution is 2.46. The molecular weight excluding hydrogens is 1990 g/mol. The maximum Gasteiger partial charge on any atom is 0.229 e. The molecule has 11 aliphatic rings. The summed E-state index contributed by atoms with van der Waals surface area (Å²) in [4.78, 5) is 80.3. The SMILES string of the molecule is Cc1cc2c(-c3nc(N4CCOCC4)c4oc5ncc(CN6CCS(=O)CC6)cc5c4n3)cccc2[nH]1.N#Cc1cc2c(c(-c3nc(N4CCOCC4)c4oc5ncc(CN6CCS(=O)CC6)cc5c4n3)c1)C=CC2.O=S1CCN(Cc2cnc3oc4c(N5CCOCC5)nc(-c5c(Cl)ccc6c5C=CC6)nc4c3c2)CC1.O=S1CCN(Cc2cnc3oc4c(N5CCOCC5)nc(-c5ccc(F)c6c5C=CC6)nc4c3c2)CC1. The van der Waals surface area contributed by atoms with Gasteiger partial charge in [0.05, 0.1) is 91.1 Å². The van der Waals surface area contributed by atoms with E-state index in [4.69, 9.17) is 88.1 Å². The molecule has 1 N–H and O–H groups in total. The number of aryl methyl sites for hydroxylation is 1. The monoisotopic (exact) mass is 2100 g/mol. The number of rotatable bonds is 16. The Bertz CT molecular complexity index is 8370. The second kappa shape index (κ2) is 42.1. The predicted octanol–water partition coefficient (Wildman–Crippen LogP) is 14.5. The van der Waals surface area contributed by atoms with Crippen molar-refractivity contribution in [2.45, 2.75) is 52.4 Å². The molecule has 21 heterocycles. The lowest BCUT2D eigenvalue weighted by Crippen LogP contribution is -2.37. The van der Waals surface area contributed by atoms with Gasteiger partial charge in [-0.15, -0.1) is 0 Å². The van der Waals surface area contributed by atoms with Crippen LogP contribution in [0.5, 0.6) is 0 Å². The number of hydrogen-bond acceptors (Lipinski definition) is 33. The first-order valence-electron chi connectivity index (χ1n) is 50.8. The first-order valence-corrected chi connectivity index (χ1v) is 57.2. The number of anilines is 4. The molecule has 13 aromatic heterocycles. The van der Waals surface area contributed by atoms with Crippen molar-refractivity contribution in [2.75, 3.05) is 223 Å². The fourth-order valence-electron chi connectivity index (χ4n) is 21.6. The highest BCUT2D eigenvalue weighted by atomic mass is 35.5. The van der Waals surface area contributed by atoms with Crippen LogP contribution >= 0.6 is 11.6 Å². The zero-order valence-corrected chi connectivity index (χ0v) is 86.1. The van der Waals surface area contributed by atoms with Gasteiger partial charge in [-0.2, -0.15) is 5.26 Å². The fraction of sp³-hybridized carbons (Fsp3) is 0.367. The Labute approximate surface area is 870 Å². The highest BCUT2D eigenvalue weighted by molar-refractivity contribution is 7.85. The molecule has 8 aliphatic heterocycles. The molecule has 0 radical (unpaired) electrons. The fourth-order valence-corrected chi connectivity index (χ4v) is 26.3. The van der Waals surface area contributed by atoms with Crippen molar-refractivity contribution in [3.05, 3.63) is 206 Å². The number of H-pyrrole nitrogens is 1. The van der Waals surface area contributed by atoms with E-state index in [1.165, 1.54) is 11.6 Å². The lowest BCUT2D eigenvalue weighted by Gasteiger charge is -2.28. The maximum absolute atomic E-state index is 14.5. The average Bonchev–Trinajstić information content (AvgIpc) is 1.61. The molecule has 28 rings (SSSR count). The van der Waals surface area contributed by atoms with E-state index in [9.17, 15) is 26.5 Å². The molecule has 149 heavy (non-hydrogen) atoms. The standard InChI is InChI=1S/C28H26N6O3S.C27H26ClN5O3S.C27H26FN5O3S.C27H28N6O3S/c29-15-18-12-20-2-1-3-21(20)22(13-18)26-31-24-23-14-19(17-33-6-10-38(35)11-7-33)16-30-28(23)37-25(24)27(32-26)34-4-8-36-9-5-34;28-21-5-4-18-2-1-3-19(18)22(21)25-30-23-20-14-17(16-32-8-12-37(34)13-9-32)15-29-27(20)36-24(23)26(31-25)33-6-10-35-11-7-33;28-22-5-4-20(18-2-1-3-19(18)22)25-30-23-21-14-17(16-32-8-12-37(34)13-9-32)15-29-27(21)36-24(23)26(31-25)33-6-10-35-11-7-33;1-17-13-20-19(3-2-4-22(20)29-17)25-30-23-21-14-18(16-32-7-11-37(34)12-8-32)15-28-27(21)36-24(23)26(31-25)33-5-9-35-10-6-33/h1,3,12-14,16H,2,4-11,17H2;1,3-5,14-15H,2,6-13,16H2;1-2,4-5,14-15H,3,6-13,16H2;2-4,13-15,29H,5-12,16H2,1H3. The summed E-state index contributed by atoms with van der Waals surface area (Å²) in [6.45, 7) is 22.4. The minimum absolute atomic E-state index is 0.206. The molecule has 0 amide bonds. The second-order valence-electron chi connectivity index (χ2n) is 39.0. The molecule has 3 aliphatic carbocycles. The summed E-state index contributed by atoms with van der Waals surface area (Å²) in [5, 5.41) is 14.8. The Morgan fingerprint density at radius 2 is 0.752 bits per heavy atom. The van der Waals surface area contributed by atoms with Crippen molar-refractivity contribution < 1.29 is 57.8 Å². The second-order valence-corrected chi connectivity index (χ2v) is 46.2. The summed E-state index contributed by atoms with van der Waals surface area (Å²) < 4.78 is 109. The number of benzene rings is 4. The Kier molecular flexibility index (Phi) is 27.3. The van der Waals surface area contributed by atoms with Crippen LogP contribution in [0.15, 0.2) is 146 Å². The Morgan fingerprint density at radius 1 is 0.383 bits per heavy atom. The summed E-state index contributed by atoms with van der Waals surface area (Å²) in [5.74, 6) is 10.9. The number of nitrogens with zero attached hydrogens (tertiary/aromatic N) is 21. The van der Waals surface area contributed by atoms with Crippen molar-refractivity contribution in [3.8, 4) is 51.6 Å². The number of pyridine rings is 4. The van der Waals surface area contributed by atoms with Crippen molar-refractivity contribution in [3.63, 3.8) is 0 Å². The summed E-state index contributed by atoms with van der Waals surface area (Å²) in [6.07, 6.45) is 22.1. The number of ether oxygens (including phenoxy) is 4. The van der Waals surface area contributed by atoms with Gasteiger partial charge in [-0.1, -0.05) is 66.3 Å². The van der Waals surface area contributed by atoms with E-state index >= 15 is 0 Å². The number of aromatic amines is 1. The summed E-state index contributed by atoms with van der Waals surface area (Å²) in [7, 11) is -2.82. The van der Waals surface area contributed by atoms with E-state index in [1.807, 2.05) is 61.2 Å². The molecule has 40 heteroatoms. The highest BCUT2D eigenvalue weighted by Gasteiger charge is 2.35. The van der Waals surface area contributed by atoms with E-state index in [1.54, 1.807) is 6.07 Å². The van der Waals surface area contributed by atoms with Crippen LogP contribution in [0, 0.1) is 24.1 Å². The van der Waals surface area contributed by atoms with Crippen LogP contribution in [-0.2, 0) is 108 Å². The van der Waals surface area contributed by atoms with Crippen molar-refractivity contribution >= 4 is 196 Å². The number of morpholine rings is 4. The molecule has 4 aromatic carbocycles. The topological polar surface area (TPSA) is 378 Å². The molecule has 8 saturated heterocycles. The molecular formula is C109H106ClFN22O12S4. The molecule has 0 saturated carbocycles. The van der Waals surface area contributed by atoms with Gasteiger partial charge in [0.25, 0.3) is 0 Å². The number of halogens is 2. The third-order valence-electron chi connectivity index (χ3n) is 29.4. The third kappa shape index (κ3) is 19.8. The van der Waals surface area contributed by atoms with Crippen LogP contribution in [-0.4, -0.2) is 305 Å². The van der Waals surface area contributed by atoms with E-state index in [0.717, 1.165) is 279 Å². The van der Waals surface area contributed by atoms with Gasteiger partial charge in [-0.05, 0) is 149 Å². The van der Waals surface area contributed by atoms with Crippen LogP contribution < -0.4 is 19.6 Å². The zero-order valence-electron chi connectivity index (χ0n) is 82.1. The van der Waals surface area contributed by atoms with Crippen LogP contribution in [0.1, 0.15) is 66.9 Å². The molecule has 762 valence electrons. The number of furan rings is 4. The number of aromatic nitrogens is 13. The first-order chi connectivity index (χ1) is 73.0. The largest absolute Gasteiger partial charge is 0.432 e. The molecule has 17 aromatic rings. The maximum atomic E-state index is 14.5. The van der Waals surface area contributed by atoms with Gasteiger partial charge >= 0.3 is 0 Å². The number of allylic oxidation sites excluding steroid dienone is 3. The van der Waals surface area contributed by atoms with Gasteiger partial charge in [-0.3, -0.25) is 36.4 Å². The Balaban J connectivity index is 0.000000103. The number of nitrogens with one attached hydrogen (secondary N) is 1. The normalized spacial score (nSPS) is 18.5. The molecule has 0 bridgehead atoms. The summed E-state index contributed by atoms with van der Waals surface area (Å²) in [6, 6.07) is 30.2. The number of hydrogen-bond donors (Lipinski definition) is 1. The van der Waals surface area contributed by atoms with Crippen molar-refractivity contribution in [1.82, 2.24) is 84.4 Å². The predicted molar refractivity (Wildman–Crippen MR) is 579 cm³/mol. The molecule has 34 nitrogen and oxygen atoms in total. The van der Waals surface area contributed by atoms with Crippen LogP contribution in [0.25, 0.3) is 163 Å². The number of nitriles is 1. The zero-order chi connectivity index (χ0) is 100. The lowest BCUT2D eigenvalue weighted by atomic mass is 9.99. The lowest BCUT2D eigenvalue weighted by molar-refractivity contribution is 0.122. The molecule has 0 spiro atoms. The van der Waals surface area contributed by atoms with Gasteiger partial charge < -0.3 is 61.2 Å². The van der Waals surface area contributed by atoms with Crippen molar-refractivity contribution in [2.24, 2.45) is 0 Å². The molecule has 0 atom stereocenters. The van der Waals surface area contributed by atoms with Crippen LogP contribution in [0.4, 0.5) is 27.7 Å². The minimum Gasteiger partial charge on any atom is -0.432 e. The summed E-state index contributed by atoms with van der Waals surface area (Å²) in [5.41, 5.74) is 24.2. The van der Waals surface area contributed by atoms with E-state index in [0.29, 0.717) is 204 Å². The van der Waals surface area contributed by atoms with E-state index in [-0.39, 0.29) is 5.82 Å². The Hall–Kier alpha value is -13.1. The smallest absolute Gasteiger partial charge is 0.229 e. The minimum atomic E-state index is -0.712. The molecule has 8 fully saturated rings. The van der Waals surface area contributed by atoms with E-state index in [2.05, 4.69) is 150 Å². The van der Waals surface area contributed by atoms with Gasteiger partial charge in [0, 0.05) is 284 Å². The van der Waals surface area contributed by atoms with Gasteiger partial charge in [0.2, 0.25) is 22.9 Å². The van der Waals surface area contributed by atoms with Crippen molar-refractivity contribution in [1.29, 1.82) is 5.26 Å². The summed E-state index contributed by atoms with van der Waals surface area (Å²) >= 11 is 6.76. The van der Waals surface area contributed by atoms with E-state index < -0.39 is 43.2 Å². The molecule has 0 unspecified atom stereocenters. The van der Waals surface area contributed by atoms with Crippen LogP contribution in [0.2, 0.25) is 5.02 Å². The van der Waals surface area contributed by atoms with Gasteiger partial charge in [0.15, 0.2) is 68.9 Å². The average molecular weight is 2100 g/mol. The van der Waals surface area contributed by atoms with Gasteiger partial charge in [0.1, 0.15) is 27.9 Å². The van der Waals surface area contributed by atoms with Crippen LogP contribution in [0.3, 0.4) is 0 Å². The first kappa shape index (κ1) is 96.8. The third-order valence-corrected chi connectivity index (χ3v) is 34.8. The van der Waals surface area contributed by atoms with Gasteiger partial charge in [-0.25, -0.2) is 64.2 Å².